The Labute approximate surface area is 223 Å². The molecule has 2 N–H and O–H groups in total. The van der Waals surface area contributed by atoms with Gasteiger partial charge in [-0.2, -0.15) is 0 Å². The molecule has 0 unspecified atom stereocenters. The van der Waals surface area contributed by atoms with Gasteiger partial charge in [0.2, 0.25) is 10.0 Å². The lowest BCUT2D eigenvalue weighted by molar-refractivity contribution is 0.356. The van der Waals surface area contributed by atoms with Gasteiger partial charge in [-0.25, -0.2) is 13.1 Å². The molecule has 9 nitrogen and oxygen atoms in total. The molecular weight excluding hydrogens is 506 g/mol. The number of fused-ring (bicyclic) bond motifs is 2. The average molecular weight is 542 g/mol. The van der Waals surface area contributed by atoms with Gasteiger partial charge < -0.3 is 19.2 Å². The van der Waals surface area contributed by atoms with E-state index in [1.807, 2.05) is 18.2 Å². The number of aromatic nitrogens is 2. The Balaban J connectivity index is 0.00000400. The number of hydrogen-bond acceptors (Lipinski definition) is 7. The van der Waals surface area contributed by atoms with Gasteiger partial charge in [-0.1, -0.05) is 20.8 Å². The van der Waals surface area contributed by atoms with Gasteiger partial charge in [0.25, 0.3) is 5.56 Å². The maximum Gasteiger partial charge on any atom is 0.252 e. The van der Waals surface area contributed by atoms with Crippen LogP contribution in [0, 0.1) is 0 Å². The van der Waals surface area contributed by atoms with E-state index >= 15 is 0 Å². The third kappa shape index (κ3) is 6.08. The summed E-state index contributed by atoms with van der Waals surface area (Å²) in [6.45, 7) is 2.02. The SMILES string of the molecule is C.CCCc1nc2ccc(OC)cc2cc1Cc1c(=O)[nH]c(CNS(C)(=O)=O)c2cc(OC)c(OC)cc12. The molecule has 0 fully saturated rings. The zero-order valence-corrected chi connectivity index (χ0v) is 22.4. The maximum atomic E-state index is 13.4. The first-order valence-electron chi connectivity index (χ1n) is 11.9. The molecule has 4 aromatic rings. The summed E-state index contributed by atoms with van der Waals surface area (Å²) in [6.07, 6.45) is 3.07. The second-order valence-electron chi connectivity index (χ2n) is 8.84. The molecule has 38 heavy (non-hydrogen) atoms. The molecule has 0 amide bonds. The highest BCUT2D eigenvalue weighted by molar-refractivity contribution is 7.88. The Morgan fingerprint density at radius 3 is 2.26 bits per heavy atom. The molecular formula is C28H35N3O6S. The lowest BCUT2D eigenvalue weighted by atomic mass is 9.95. The highest BCUT2D eigenvalue weighted by Crippen LogP contribution is 2.35. The maximum absolute atomic E-state index is 13.4. The van der Waals surface area contributed by atoms with Crippen LogP contribution in [0.2, 0.25) is 0 Å². The van der Waals surface area contributed by atoms with Crippen molar-refractivity contribution in [3.05, 3.63) is 69.3 Å². The first-order chi connectivity index (χ1) is 17.7. The van der Waals surface area contributed by atoms with Gasteiger partial charge in [0.1, 0.15) is 5.75 Å². The summed E-state index contributed by atoms with van der Waals surface area (Å²) >= 11 is 0. The number of aromatic amines is 1. The minimum absolute atomic E-state index is 0. The first kappa shape index (κ1) is 28.9. The van der Waals surface area contributed by atoms with Crippen LogP contribution in [0.1, 0.15) is 43.3 Å². The number of aryl methyl sites for hydroxylation is 1. The molecule has 204 valence electrons. The summed E-state index contributed by atoms with van der Waals surface area (Å²) in [6, 6.07) is 11.3. The molecule has 0 atom stereocenters. The molecule has 0 aliphatic heterocycles. The number of H-pyrrole nitrogens is 1. The number of methoxy groups -OCH3 is 3. The van der Waals surface area contributed by atoms with Crippen molar-refractivity contribution in [1.29, 1.82) is 0 Å². The number of sulfonamides is 1. The summed E-state index contributed by atoms with van der Waals surface area (Å²) in [7, 11) is 1.20. The van der Waals surface area contributed by atoms with Crippen molar-refractivity contribution in [1.82, 2.24) is 14.7 Å². The Morgan fingerprint density at radius 2 is 1.66 bits per heavy atom. The molecule has 10 heteroatoms. The topological polar surface area (TPSA) is 120 Å². The van der Waals surface area contributed by atoms with E-state index in [4.69, 9.17) is 19.2 Å². The molecule has 0 saturated heterocycles. The molecule has 4 rings (SSSR count). The van der Waals surface area contributed by atoms with Crippen molar-refractivity contribution in [2.24, 2.45) is 0 Å². The summed E-state index contributed by atoms with van der Waals surface area (Å²) in [5.74, 6) is 1.67. The quantitative estimate of drug-likeness (QED) is 0.307. The molecule has 0 saturated carbocycles. The Bertz CT molecular complexity index is 1630. The standard InChI is InChI=1S/C27H31N3O6S.CH4/c1-6-7-22-17(10-16-11-18(34-2)8-9-23(16)29-22)12-21-19-13-25(35-3)26(36-4)14-20(19)24(30-27(21)31)15-28-37(5,32)33;/h8-11,13-14,28H,6-7,12,15H2,1-5H3,(H,30,31);1H4. The molecule has 0 radical (unpaired) electrons. The van der Waals surface area contributed by atoms with E-state index in [9.17, 15) is 13.2 Å². The van der Waals surface area contributed by atoms with Gasteiger partial charge in [-0.3, -0.25) is 9.78 Å². The number of nitrogens with zero attached hydrogens (tertiary/aromatic N) is 1. The molecule has 0 spiro atoms. The van der Waals surface area contributed by atoms with Crippen LogP contribution in [0.4, 0.5) is 0 Å². The number of ether oxygens (including phenoxy) is 3. The van der Waals surface area contributed by atoms with Crippen LogP contribution in [0.3, 0.4) is 0 Å². The third-order valence-corrected chi connectivity index (χ3v) is 6.94. The highest BCUT2D eigenvalue weighted by Gasteiger charge is 2.19. The number of rotatable bonds is 10. The van der Waals surface area contributed by atoms with Crippen LogP contribution in [0.5, 0.6) is 17.2 Å². The van der Waals surface area contributed by atoms with Crippen molar-refractivity contribution in [2.45, 2.75) is 40.2 Å². The van der Waals surface area contributed by atoms with Crippen LogP contribution in [-0.4, -0.2) is 46.0 Å². The molecule has 2 aromatic heterocycles. The van der Waals surface area contributed by atoms with E-state index in [1.165, 1.54) is 14.2 Å². The van der Waals surface area contributed by atoms with Crippen LogP contribution in [-0.2, 0) is 29.4 Å². The normalized spacial score (nSPS) is 11.4. The molecule has 0 aliphatic rings. The number of hydrogen-bond donors (Lipinski definition) is 2. The molecule has 0 aliphatic carbocycles. The van der Waals surface area contributed by atoms with Crippen molar-refractivity contribution < 1.29 is 22.6 Å². The van der Waals surface area contributed by atoms with Crippen LogP contribution in [0.15, 0.2) is 41.2 Å². The lowest BCUT2D eigenvalue weighted by Crippen LogP contribution is -2.25. The van der Waals surface area contributed by atoms with Crippen molar-refractivity contribution in [3.8, 4) is 17.2 Å². The number of benzene rings is 2. The van der Waals surface area contributed by atoms with E-state index in [-0.39, 0.29) is 19.5 Å². The van der Waals surface area contributed by atoms with Gasteiger partial charge in [0.05, 0.1) is 39.6 Å². The molecule has 2 heterocycles. The minimum atomic E-state index is -3.48. The van der Waals surface area contributed by atoms with E-state index in [1.54, 1.807) is 19.2 Å². The average Bonchev–Trinajstić information content (AvgIpc) is 2.87. The lowest BCUT2D eigenvalue weighted by Gasteiger charge is -2.16. The van der Waals surface area contributed by atoms with Gasteiger partial charge in [-0.15, -0.1) is 0 Å². The smallest absolute Gasteiger partial charge is 0.252 e. The Hall–Kier alpha value is -3.63. The second kappa shape index (κ2) is 11.8. The first-order valence-corrected chi connectivity index (χ1v) is 13.8. The third-order valence-electron chi connectivity index (χ3n) is 6.27. The minimum Gasteiger partial charge on any atom is -0.497 e. The van der Waals surface area contributed by atoms with E-state index in [0.717, 1.165) is 47.0 Å². The zero-order chi connectivity index (χ0) is 26.7. The molecule has 0 bridgehead atoms. The fourth-order valence-electron chi connectivity index (χ4n) is 4.46. The fourth-order valence-corrected chi connectivity index (χ4v) is 4.87. The number of nitrogens with one attached hydrogen (secondary N) is 2. The Kier molecular flexibility index (Phi) is 9.01. The summed E-state index contributed by atoms with van der Waals surface area (Å²) in [4.78, 5) is 21.2. The summed E-state index contributed by atoms with van der Waals surface area (Å²) in [5, 5.41) is 2.24. The van der Waals surface area contributed by atoms with E-state index in [0.29, 0.717) is 39.9 Å². The zero-order valence-electron chi connectivity index (χ0n) is 21.6. The van der Waals surface area contributed by atoms with Gasteiger partial charge in [0, 0.05) is 34.1 Å². The molecule has 2 aromatic carbocycles. The van der Waals surface area contributed by atoms with Crippen LogP contribution >= 0.6 is 0 Å². The van der Waals surface area contributed by atoms with Crippen molar-refractivity contribution >= 4 is 31.7 Å². The van der Waals surface area contributed by atoms with Gasteiger partial charge in [-0.05, 0) is 53.8 Å². The second-order valence-corrected chi connectivity index (χ2v) is 10.7. The van der Waals surface area contributed by atoms with E-state index < -0.39 is 10.0 Å². The van der Waals surface area contributed by atoms with Gasteiger partial charge >= 0.3 is 0 Å². The van der Waals surface area contributed by atoms with E-state index in [2.05, 4.69) is 22.7 Å². The van der Waals surface area contributed by atoms with Crippen LogP contribution < -0.4 is 24.5 Å². The monoisotopic (exact) mass is 541 g/mol. The predicted octanol–water partition coefficient (Wildman–Crippen LogP) is 4.33. The van der Waals surface area contributed by atoms with Crippen molar-refractivity contribution in [3.63, 3.8) is 0 Å². The summed E-state index contributed by atoms with van der Waals surface area (Å²) < 4.78 is 42.3. The largest absolute Gasteiger partial charge is 0.497 e. The van der Waals surface area contributed by atoms with Crippen molar-refractivity contribution in [2.75, 3.05) is 27.6 Å². The van der Waals surface area contributed by atoms with Crippen LogP contribution in [0.25, 0.3) is 21.7 Å². The number of pyridine rings is 2. The Morgan fingerprint density at radius 1 is 0.974 bits per heavy atom. The predicted molar refractivity (Wildman–Crippen MR) is 151 cm³/mol. The van der Waals surface area contributed by atoms with Gasteiger partial charge in [0.15, 0.2) is 11.5 Å². The fraction of sp³-hybridized carbons (Fsp3) is 0.357. The highest BCUT2D eigenvalue weighted by atomic mass is 32.2. The summed E-state index contributed by atoms with van der Waals surface area (Å²) in [5.41, 5.74) is 3.38.